The lowest BCUT2D eigenvalue weighted by Gasteiger charge is -2.01. The van der Waals surface area contributed by atoms with Crippen LogP contribution in [-0.4, -0.2) is 10.8 Å². The van der Waals surface area contributed by atoms with E-state index in [4.69, 9.17) is 5.73 Å². The normalized spacial score (nSPS) is 9.79. The summed E-state index contributed by atoms with van der Waals surface area (Å²) in [6, 6.07) is 3.32. The molecule has 3 nitrogen and oxygen atoms in total. The van der Waals surface area contributed by atoms with Gasteiger partial charge in [-0.3, -0.25) is 9.78 Å². The van der Waals surface area contributed by atoms with Crippen LogP contribution in [0.4, 0.5) is 5.69 Å². The van der Waals surface area contributed by atoms with E-state index in [9.17, 15) is 4.79 Å². The fourth-order valence-corrected chi connectivity index (χ4v) is 1.01. The molecule has 0 atom stereocenters. The van der Waals surface area contributed by atoms with Crippen LogP contribution in [0, 0.1) is 0 Å². The first-order valence-corrected chi connectivity index (χ1v) is 4.55. The highest BCUT2D eigenvalue weighted by Gasteiger charge is 2.07. The molecule has 0 unspecified atom stereocenters. The molecule has 2 N–H and O–H groups in total. The third-order valence-electron chi connectivity index (χ3n) is 1.98. The molecule has 1 rings (SSSR count). The summed E-state index contributed by atoms with van der Waals surface area (Å²) >= 11 is 0. The third kappa shape index (κ3) is 2.69. The van der Waals surface area contributed by atoms with Crippen LogP contribution in [0.15, 0.2) is 30.5 Å². The van der Waals surface area contributed by atoms with Gasteiger partial charge in [-0.15, -0.1) is 0 Å². The van der Waals surface area contributed by atoms with E-state index in [0.29, 0.717) is 17.8 Å². The molecule has 0 aromatic carbocycles. The summed E-state index contributed by atoms with van der Waals surface area (Å²) in [4.78, 5) is 15.5. The van der Waals surface area contributed by atoms with E-state index < -0.39 is 0 Å². The Morgan fingerprint density at radius 2 is 2.29 bits per heavy atom. The van der Waals surface area contributed by atoms with Crippen molar-refractivity contribution in [2.45, 2.75) is 19.8 Å². The number of Topliss-reactive ketones (excluding diaryl/α,β-unsaturated/α-hetero) is 1. The quantitative estimate of drug-likeness (QED) is 0.585. The number of hydrogen-bond acceptors (Lipinski definition) is 3. The summed E-state index contributed by atoms with van der Waals surface area (Å²) < 4.78 is 0. The summed E-state index contributed by atoms with van der Waals surface area (Å²) in [5.74, 6) is -0.00292. The predicted octanol–water partition coefficient (Wildman–Crippen LogP) is 2.20. The molecule has 0 aliphatic heterocycles. The van der Waals surface area contributed by atoms with Crippen LogP contribution in [0.3, 0.4) is 0 Å². The standard InChI is InChI=1S/C11H14N2O/c1-3-8(2)6-11(14)10-5-4-9(12)7-13-10/h4-5,7H,2-3,6,12H2,1H3. The highest BCUT2D eigenvalue weighted by atomic mass is 16.1. The Morgan fingerprint density at radius 3 is 2.79 bits per heavy atom. The summed E-state index contributed by atoms with van der Waals surface area (Å²) in [6.45, 7) is 5.76. The fraction of sp³-hybridized carbons (Fsp3) is 0.273. The zero-order valence-electron chi connectivity index (χ0n) is 8.29. The predicted molar refractivity (Wildman–Crippen MR) is 57.0 cm³/mol. The Hall–Kier alpha value is -1.64. The van der Waals surface area contributed by atoms with Crippen LogP contribution in [0.5, 0.6) is 0 Å². The molecule has 14 heavy (non-hydrogen) atoms. The van der Waals surface area contributed by atoms with Gasteiger partial charge in [0.15, 0.2) is 5.78 Å². The minimum absolute atomic E-state index is 0.00292. The molecule has 0 radical (unpaired) electrons. The van der Waals surface area contributed by atoms with Crippen molar-refractivity contribution < 1.29 is 4.79 Å². The number of ketones is 1. The third-order valence-corrected chi connectivity index (χ3v) is 1.98. The van der Waals surface area contributed by atoms with Crippen molar-refractivity contribution in [1.82, 2.24) is 4.98 Å². The first-order chi connectivity index (χ1) is 6.63. The van der Waals surface area contributed by atoms with Crippen molar-refractivity contribution in [1.29, 1.82) is 0 Å². The van der Waals surface area contributed by atoms with Gasteiger partial charge >= 0.3 is 0 Å². The topological polar surface area (TPSA) is 56.0 Å². The minimum Gasteiger partial charge on any atom is -0.397 e. The lowest BCUT2D eigenvalue weighted by atomic mass is 10.1. The number of carbonyl (C=O) groups excluding carboxylic acids is 1. The maximum Gasteiger partial charge on any atom is 0.185 e. The molecule has 0 amide bonds. The Morgan fingerprint density at radius 1 is 1.57 bits per heavy atom. The Balaban J connectivity index is 2.70. The summed E-state index contributed by atoms with van der Waals surface area (Å²) in [6.07, 6.45) is 2.68. The number of rotatable bonds is 4. The van der Waals surface area contributed by atoms with Gasteiger partial charge in [0.1, 0.15) is 5.69 Å². The molecule has 0 aliphatic rings. The maximum atomic E-state index is 11.6. The summed E-state index contributed by atoms with van der Waals surface area (Å²) in [7, 11) is 0. The second kappa shape index (κ2) is 4.56. The molecule has 0 fully saturated rings. The molecule has 1 aromatic rings. The average molecular weight is 190 g/mol. The van der Waals surface area contributed by atoms with Gasteiger partial charge in [-0.05, 0) is 18.6 Å². The smallest absolute Gasteiger partial charge is 0.185 e. The van der Waals surface area contributed by atoms with Gasteiger partial charge in [0.05, 0.1) is 11.9 Å². The number of aromatic nitrogens is 1. The number of hydrogen-bond donors (Lipinski definition) is 1. The van der Waals surface area contributed by atoms with Crippen molar-refractivity contribution in [3.05, 3.63) is 36.2 Å². The molecule has 0 spiro atoms. The lowest BCUT2D eigenvalue weighted by molar-refractivity contribution is 0.0987. The van der Waals surface area contributed by atoms with E-state index in [1.165, 1.54) is 6.20 Å². The average Bonchev–Trinajstić information content (AvgIpc) is 2.18. The van der Waals surface area contributed by atoms with Crippen LogP contribution >= 0.6 is 0 Å². The molecule has 1 aromatic heterocycles. The van der Waals surface area contributed by atoms with Gasteiger partial charge in [0.2, 0.25) is 0 Å². The van der Waals surface area contributed by atoms with E-state index in [2.05, 4.69) is 11.6 Å². The SMILES string of the molecule is C=C(CC)CC(=O)c1ccc(N)cn1. The first-order valence-electron chi connectivity index (χ1n) is 4.55. The summed E-state index contributed by atoms with van der Waals surface area (Å²) in [5, 5.41) is 0. The number of anilines is 1. The van der Waals surface area contributed by atoms with E-state index in [0.717, 1.165) is 12.0 Å². The van der Waals surface area contributed by atoms with Crippen LogP contribution in [0.2, 0.25) is 0 Å². The van der Waals surface area contributed by atoms with Crippen molar-refractivity contribution in [2.24, 2.45) is 0 Å². The highest BCUT2D eigenvalue weighted by Crippen LogP contribution is 2.09. The number of pyridine rings is 1. The molecule has 1 heterocycles. The molecule has 0 aliphatic carbocycles. The second-order valence-electron chi connectivity index (χ2n) is 3.18. The van der Waals surface area contributed by atoms with Crippen LogP contribution in [0.25, 0.3) is 0 Å². The van der Waals surface area contributed by atoms with Crippen molar-refractivity contribution in [3.8, 4) is 0 Å². The van der Waals surface area contributed by atoms with E-state index in [1.807, 2.05) is 6.92 Å². The molecular formula is C11H14N2O. The zero-order chi connectivity index (χ0) is 10.6. The van der Waals surface area contributed by atoms with Crippen molar-refractivity contribution in [2.75, 3.05) is 5.73 Å². The lowest BCUT2D eigenvalue weighted by Crippen LogP contribution is -2.03. The van der Waals surface area contributed by atoms with Crippen LogP contribution < -0.4 is 5.73 Å². The number of nitrogens with two attached hydrogens (primary N) is 1. The van der Waals surface area contributed by atoms with Crippen molar-refractivity contribution >= 4 is 11.5 Å². The van der Waals surface area contributed by atoms with Crippen LogP contribution in [-0.2, 0) is 0 Å². The van der Waals surface area contributed by atoms with Gasteiger partial charge < -0.3 is 5.73 Å². The molecule has 0 saturated heterocycles. The highest BCUT2D eigenvalue weighted by molar-refractivity contribution is 5.95. The number of allylic oxidation sites excluding steroid dienone is 1. The number of nitrogen functional groups attached to an aromatic ring is 1. The number of nitrogens with zero attached hydrogens (tertiary/aromatic N) is 1. The molecule has 74 valence electrons. The van der Waals surface area contributed by atoms with Crippen molar-refractivity contribution in [3.63, 3.8) is 0 Å². The van der Waals surface area contributed by atoms with E-state index in [-0.39, 0.29) is 5.78 Å². The monoisotopic (exact) mass is 190 g/mol. The van der Waals surface area contributed by atoms with Gasteiger partial charge in [-0.25, -0.2) is 0 Å². The van der Waals surface area contributed by atoms with E-state index >= 15 is 0 Å². The molecule has 0 saturated carbocycles. The van der Waals surface area contributed by atoms with E-state index in [1.54, 1.807) is 12.1 Å². The van der Waals surface area contributed by atoms with Gasteiger partial charge in [-0.1, -0.05) is 19.1 Å². The summed E-state index contributed by atoms with van der Waals surface area (Å²) in [5.41, 5.74) is 7.41. The minimum atomic E-state index is -0.00292. The first kappa shape index (κ1) is 10.4. The molecule has 3 heteroatoms. The van der Waals surface area contributed by atoms with Gasteiger partial charge in [0.25, 0.3) is 0 Å². The number of carbonyl (C=O) groups is 1. The Bertz CT molecular complexity index is 341. The molecular weight excluding hydrogens is 176 g/mol. The van der Waals surface area contributed by atoms with Gasteiger partial charge in [-0.2, -0.15) is 0 Å². The van der Waals surface area contributed by atoms with Gasteiger partial charge in [0, 0.05) is 6.42 Å². The zero-order valence-corrected chi connectivity index (χ0v) is 8.29. The fourth-order valence-electron chi connectivity index (χ4n) is 1.01. The Labute approximate surface area is 83.7 Å². The second-order valence-corrected chi connectivity index (χ2v) is 3.18. The largest absolute Gasteiger partial charge is 0.397 e. The Kier molecular flexibility index (Phi) is 3.40. The maximum absolute atomic E-state index is 11.6. The van der Waals surface area contributed by atoms with Crippen LogP contribution in [0.1, 0.15) is 30.3 Å². The molecule has 0 bridgehead atoms.